The van der Waals surface area contributed by atoms with Gasteiger partial charge in [-0.1, -0.05) is 19.8 Å². The number of rotatable bonds is 6. The number of aliphatic carboxylic acids is 1. The molecule has 1 N–H and O–H groups in total. The highest BCUT2D eigenvalue weighted by atomic mass is 35.5. The Hall–Kier alpha value is -0.770. The van der Waals surface area contributed by atoms with E-state index in [1.165, 1.54) is 4.90 Å². The molecule has 0 bridgehead atoms. The van der Waals surface area contributed by atoms with Gasteiger partial charge in [-0.2, -0.15) is 0 Å². The second-order valence-corrected chi connectivity index (χ2v) is 4.58. The van der Waals surface area contributed by atoms with E-state index in [0.29, 0.717) is 25.3 Å². The minimum absolute atomic E-state index is 0.0749. The maximum Gasteiger partial charge on any atom is 0.326 e. The number of unbranched alkanes of at least 4 members (excludes halogenated alkanes) is 1. The number of carbonyl (C=O) groups is 2. The van der Waals surface area contributed by atoms with Gasteiger partial charge in [-0.05, 0) is 12.3 Å². The molecule has 1 heterocycles. The quantitative estimate of drug-likeness (QED) is 0.727. The zero-order valence-corrected chi connectivity index (χ0v) is 10.2. The van der Waals surface area contributed by atoms with Gasteiger partial charge in [0.05, 0.1) is 0 Å². The summed E-state index contributed by atoms with van der Waals surface area (Å²) in [4.78, 5) is 24.2. The van der Waals surface area contributed by atoms with Gasteiger partial charge in [0, 0.05) is 18.8 Å². The number of carbonyl (C=O) groups excluding carboxylic acids is 1. The lowest BCUT2D eigenvalue weighted by Gasteiger charge is -2.24. The molecule has 0 spiro atoms. The van der Waals surface area contributed by atoms with Crippen LogP contribution in [0.25, 0.3) is 0 Å². The van der Waals surface area contributed by atoms with E-state index in [0.717, 1.165) is 12.8 Å². The van der Waals surface area contributed by atoms with Crippen molar-refractivity contribution in [1.29, 1.82) is 0 Å². The molecule has 0 aliphatic carbocycles. The van der Waals surface area contributed by atoms with E-state index in [-0.39, 0.29) is 11.8 Å². The molecule has 1 amide bonds. The molecule has 16 heavy (non-hydrogen) atoms. The summed E-state index contributed by atoms with van der Waals surface area (Å²) in [5.41, 5.74) is 0. The van der Waals surface area contributed by atoms with Gasteiger partial charge in [0.25, 0.3) is 0 Å². The first-order valence-corrected chi connectivity index (χ1v) is 6.21. The van der Waals surface area contributed by atoms with Crippen LogP contribution in [0.15, 0.2) is 0 Å². The van der Waals surface area contributed by atoms with Gasteiger partial charge in [0.15, 0.2) is 0 Å². The standard InChI is InChI=1S/C11H18ClNO3/c1-2-3-4-9(11(15)16)13-7-8(6-12)5-10(13)14/h8-9H,2-7H2,1H3,(H,15,16)/t8?,9-/m0/s1. The summed E-state index contributed by atoms with van der Waals surface area (Å²) in [5, 5.41) is 9.11. The molecule has 92 valence electrons. The molecule has 0 saturated carbocycles. The van der Waals surface area contributed by atoms with Crippen LogP contribution in [-0.4, -0.2) is 40.3 Å². The summed E-state index contributed by atoms with van der Waals surface area (Å²) in [7, 11) is 0. The smallest absolute Gasteiger partial charge is 0.326 e. The van der Waals surface area contributed by atoms with Crippen molar-refractivity contribution in [3.05, 3.63) is 0 Å². The summed E-state index contributed by atoms with van der Waals surface area (Å²) in [5.74, 6) is -0.452. The third-order valence-corrected chi connectivity index (χ3v) is 3.39. The van der Waals surface area contributed by atoms with Crippen molar-refractivity contribution in [2.75, 3.05) is 12.4 Å². The van der Waals surface area contributed by atoms with E-state index in [1.54, 1.807) is 0 Å². The molecule has 0 aromatic rings. The third kappa shape index (κ3) is 3.11. The van der Waals surface area contributed by atoms with Crippen LogP contribution < -0.4 is 0 Å². The number of nitrogens with zero attached hydrogens (tertiary/aromatic N) is 1. The van der Waals surface area contributed by atoms with E-state index in [2.05, 4.69) is 0 Å². The van der Waals surface area contributed by atoms with Crippen molar-refractivity contribution in [3.8, 4) is 0 Å². The number of amides is 1. The Morgan fingerprint density at radius 1 is 1.69 bits per heavy atom. The average Bonchev–Trinajstić information content (AvgIpc) is 2.60. The first-order chi connectivity index (χ1) is 7.60. The molecule has 1 saturated heterocycles. The Morgan fingerprint density at radius 3 is 2.81 bits per heavy atom. The molecule has 4 nitrogen and oxygen atoms in total. The Morgan fingerprint density at radius 2 is 2.38 bits per heavy atom. The molecule has 1 unspecified atom stereocenters. The van der Waals surface area contributed by atoms with E-state index in [1.807, 2.05) is 6.92 Å². The third-order valence-electron chi connectivity index (χ3n) is 2.95. The van der Waals surface area contributed by atoms with Crippen molar-refractivity contribution in [3.63, 3.8) is 0 Å². The van der Waals surface area contributed by atoms with Gasteiger partial charge < -0.3 is 10.0 Å². The number of halogens is 1. The van der Waals surface area contributed by atoms with Crippen molar-refractivity contribution in [2.24, 2.45) is 5.92 Å². The Bertz CT molecular complexity index is 270. The van der Waals surface area contributed by atoms with Crippen LogP contribution in [0.1, 0.15) is 32.6 Å². The number of carboxylic acid groups (broad SMARTS) is 1. The monoisotopic (exact) mass is 247 g/mol. The highest BCUT2D eigenvalue weighted by Gasteiger charge is 2.36. The molecule has 1 rings (SSSR count). The maximum absolute atomic E-state index is 11.7. The molecule has 0 aromatic heterocycles. The highest BCUT2D eigenvalue weighted by Crippen LogP contribution is 2.23. The Labute approximate surface area is 101 Å². The highest BCUT2D eigenvalue weighted by molar-refractivity contribution is 6.18. The second kappa shape index (κ2) is 6.09. The van der Waals surface area contributed by atoms with Gasteiger partial charge in [-0.25, -0.2) is 4.79 Å². The van der Waals surface area contributed by atoms with Gasteiger partial charge in [0.2, 0.25) is 5.91 Å². The molecular formula is C11H18ClNO3. The Balaban J connectivity index is 2.64. The van der Waals surface area contributed by atoms with Crippen LogP contribution in [0.5, 0.6) is 0 Å². The number of hydrogen-bond acceptors (Lipinski definition) is 2. The molecule has 1 aliphatic rings. The largest absolute Gasteiger partial charge is 0.480 e. The van der Waals surface area contributed by atoms with Crippen LogP contribution in [0.4, 0.5) is 0 Å². The van der Waals surface area contributed by atoms with E-state index in [9.17, 15) is 9.59 Å². The fourth-order valence-electron chi connectivity index (χ4n) is 2.02. The number of likely N-dealkylation sites (tertiary alicyclic amines) is 1. The number of alkyl halides is 1. The van der Waals surface area contributed by atoms with Gasteiger partial charge in [-0.3, -0.25) is 4.79 Å². The fraction of sp³-hybridized carbons (Fsp3) is 0.818. The number of carboxylic acids is 1. The first-order valence-electron chi connectivity index (χ1n) is 5.68. The first kappa shape index (κ1) is 13.3. The van der Waals surface area contributed by atoms with Crippen LogP contribution in [0.3, 0.4) is 0 Å². The van der Waals surface area contributed by atoms with Gasteiger partial charge in [-0.15, -0.1) is 11.6 Å². The fourth-order valence-corrected chi connectivity index (χ4v) is 2.23. The lowest BCUT2D eigenvalue weighted by atomic mass is 10.1. The molecule has 1 aliphatic heterocycles. The van der Waals surface area contributed by atoms with E-state index >= 15 is 0 Å². The SMILES string of the molecule is CCCC[C@@H](C(=O)O)N1CC(CCl)CC1=O. The van der Waals surface area contributed by atoms with Crippen molar-refractivity contribution >= 4 is 23.5 Å². The molecule has 2 atom stereocenters. The summed E-state index contributed by atoms with van der Waals surface area (Å²) in [6.45, 7) is 2.50. The van der Waals surface area contributed by atoms with Crippen LogP contribution in [0.2, 0.25) is 0 Å². The minimum atomic E-state index is -0.906. The van der Waals surface area contributed by atoms with Gasteiger partial charge >= 0.3 is 5.97 Å². The molecular weight excluding hydrogens is 230 g/mol. The topological polar surface area (TPSA) is 57.6 Å². The van der Waals surface area contributed by atoms with Crippen molar-refractivity contribution < 1.29 is 14.7 Å². The molecule has 5 heteroatoms. The number of hydrogen-bond donors (Lipinski definition) is 1. The summed E-state index contributed by atoms with van der Waals surface area (Å²) in [6, 6.07) is -0.666. The predicted molar refractivity (Wildman–Crippen MR) is 61.5 cm³/mol. The summed E-state index contributed by atoms with van der Waals surface area (Å²) in [6.07, 6.45) is 2.68. The summed E-state index contributed by atoms with van der Waals surface area (Å²) < 4.78 is 0. The zero-order valence-electron chi connectivity index (χ0n) is 9.49. The zero-order chi connectivity index (χ0) is 12.1. The predicted octanol–water partition coefficient (Wildman–Crippen LogP) is 1.72. The maximum atomic E-state index is 11.7. The summed E-state index contributed by atoms with van der Waals surface area (Å²) >= 11 is 5.70. The molecule has 1 fully saturated rings. The van der Waals surface area contributed by atoms with E-state index in [4.69, 9.17) is 16.7 Å². The second-order valence-electron chi connectivity index (χ2n) is 4.27. The normalized spacial score (nSPS) is 22.5. The van der Waals surface area contributed by atoms with E-state index < -0.39 is 12.0 Å². The Kier molecular flexibility index (Phi) is 5.06. The molecule has 0 radical (unpaired) electrons. The lowest BCUT2D eigenvalue weighted by molar-refractivity contribution is -0.148. The lowest BCUT2D eigenvalue weighted by Crippen LogP contribution is -2.42. The van der Waals surface area contributed by atoms with Crippen LogP contribution in [0, 0.1) is 5.92 Å². The van der Waals surface area contributed by atoms with Gasteiger partial charge in [0.1, 0.15) is 6.04 Å². The minimum Gasteiger partial charge on any atom is -0.480 e. The molecule has 0 aromatic carbocycles. The average molecular weight is 248 g/mol. The van der Waals surface area contributed by atoms with Crippen molar-refractivity contribution in [2.45, 2.75) is 38.6 Å². The van der Waals surface area contributed by atoms with Crippen LogP contribution >= 0.6 is 11.6 Å². The van der Waals surface area contributed by atoms with Crippen LogP contribution in [-0.2, 0) is 9.59 Å². The van der Waals surface area contributed by atoms with Crippen molar-refractivity contribution in [1.82, 2.24) is 4.90 Å².